The lowest BCUT2D eigenvalue weighted by atomic mass is 10.2. The molecule has 0 radical (unpaired) electrons. The third kappa shape index (κ3) is 4.08. The van der Waals surface area contributed by atoms with Crippen LogP contribution in [0, 0.1) is 6.92 Å². The number of halogens is 1. The Morgan fingerprint density at radius 2 is 1.84 bits per heavy atom. The number of benzene rings is 2. The topological polar surface area (TPSA) is 21.3 Å². The maximum absolute atomic E-state index is 5.97. The molecule has 2 aromatic carbocycles. The molecule has 0 unspecified atom stereocenters. The number of rotatable bonds is 5. The van der Waals surface area contributed by atoms with E-state index in [9.17, 15) is 0 Å². The predicted molar refractivity (Wildman–Crippen MR) is 82.8 cm³/mol. The van der Waals surface area contributed by atoms with Gasteiger partial charge in [-0.3, -0.25) is 0 Å². The lowest BCUT2D eigenvalue weighted by molar-refractivity contribution is 0.473. The Kier molecular flexibility index (Phi) is 5.00. The van der Waals surface area contributed by atoms with Crippen LogP contribution in [0.3, 0.4) is 0 Å². The molecule has 3 heteroatoms. The highest BCUT2D eigenvalue weighted by Crippen LogP contribution is 2.28. The summed E-state index contributed by atoms with van der Waals surface area (Å²) in [4.78, 5) is 0. The van der Waals surface area contributed by atoms with Crippen LogP contribution in [0.15, 0.2) is 46.9 Å². The monoisotopic (exact) mass is 319 g/mol. The Morgan fingerprint density at radius 3 is 2.53 bits per heavy atom. The minimum absolute atomic E-state index is 0.810. The van der Waals surface area contributed by atoms with Crippen LogP contribution >= 0.6 is 15.9 Å². The molecule has 1 N–H and O–H groups in total. The Balaban J connectivity index is 2.22. The lowest BCUT2D eigenvalue weighted by Crippen LogP contribution is -2.12. The third-order valence-corrected chi connectivity index (χ3v) is 3.34. The Morgan fingerprint density at radius 1 is 1.11 bits per heavy atom. The highest BCUT2D eigenvalue weighted by Gasteiger charge is 2.05. The molecular formula is C16H18BrNO. The molecule has 0 saturated carbocycles. The highest BCUT2D eigenvalue weighted by molar-refractivity contribution is 9.10. The van der Waals surface area contributed by atoms with Crippen molar-refractivity contribution in [2.45, 2.75) is 20.4 Å². The summed E-state index contributed by atoms with van der Waals surface area (Å²) in [5.41, 5.74) is 2.39. The zero-order valence-corrected chi connectivity index (χ0v) is 12.8. The van der Waals surface area contributed by atoms with Crippen molar-refractivity contribution in [2.24, 2.45) is 0 Å². The Bertz CT molecular complexity index is 537. The molecule has 0 aromatic heterocycles. The van der Waals surface area contributed by atoms with Gasteiger partial charge in [-0.2, -0.15) is 0 Å². The molecule has 0 aliphatic heterocycles. The molecular weight excluding hydrogens is 302 g/mol. The quantitative estimate of drug-likeness (QED) is 0.865. The molecule has 2 rings (SSSR count). The smallest absolute Gasteiger partial charge is 0.133 e. The summed E-state index contributed by atoms with van der Waals surface area (Å²) in [5.74, 6) is 1.75. The summed E-state index contributed by atoms with van der Waals surface area (Å²) < 4.78 is 7.00. The van der Waals surface area contributed by atoms with Crippen molar-refractivity contribution in [3.05, 3.63) is 58.1 Å². The first-order chi connectivity index (χ1) is 9.19. The molecule has 0 amide bonds. The summed E-state index contributed by atoms with van der Waals surface area (Å²) >= 11 is 3.49. The number of hydrogen-bond acceptors (Lipinski definition) is 2. The zero-order valence-electron chi connectivity index (χ0n) is 11.2. The van der Waals surface area contributed by atoms with Crippen molar-refractivity contribution < 1.29 is 4.74 Å². The van der Waals surface area contributed by atoms with E-state index in [1.54, 1.807) is 0 Å². The lowest BCUT2D eigenvalue weighted by Gasteiger charge is -2.12. The molecule has 0 bridgehead atoms. The zero-order chi connectivity index (χ0) is 13.7. The minimum atomic E-state index is 0.810. The van der Waals surface area contributed by atoms with Gasteiger partial charge in [-0.05, 0) is 37.7 Å². The van der Waals surface area contributed by atoms with E-state index in [1.807, 2.05) is 24.3 Å². The second kappa shape index (κ2) is 6.73. The SMILES string of the molecule is CCNCc1ccc(Br)cc1Oc1ccc(C)cc1. The molecule has 0 aliphatic carbocycles. The van der Waals surface area contributed by atoms with Gasteiger partial charge in [0.05, 0.1) is 0 Å². The second-order valence-electron chi connectivity index (χ2n) is 4.45. The van der Waals surface area contributed by atoms with E-state index in [-0.39, 0.29) is 0 Å². The Hall–Kier alpha value is -1.32. The van der Waals surface area contributed by atoms with Gasteiger partial charge >= 0.3 is 0 Å². The van der Waals surface area contributed by atoms with E-state index in [2.05, 4.69) is 53.3 Å². The Labute approximate surface area is 122 Å². The molecule has 2 aromatic rings. The van der Waals surface area contributed by atoms with Gasteiger partial charge in [0, 0.05) is 16.6 Å². The van der Waals surface area contributed by atoms with E-state index in [0.717, 1.165) is 34.6 Å². The van der Waals surface area contributed by atoms with Crippen LogP contribution in [0.1, 0.15) is 18.1 Å². The first-order valence-corrected chi connectivity index (χ1v) is 7.22. The molecule has 2 nitrogen and oxygen atoms in total. The van der Waals surface area contributed by atoms with E-state index < -0.39 is 0 Å². The van der Waals surface area contributed by atoms with Crippen molar-refractivity contribution in [1.82, 2.24) is 5.32 Å². The predicted octanol–water partition coefficient (Wildman–Crippen LogP) is 4.66. The van der Waals surface area contributed by atoms with Crippen molar-refractivity contribution >= 4 is 15.9 Å². The van der Waals surface area contributed by atoms with Crippen LogP contribution < -0.4 is 10.1 Å². The van der Waals surface area contributed by atoms with Crippen LogP contribution in [0.2, 0.25) is 0 Å². The average molecular weight is 320 g/mol. The molecule has 19 heavy (non-hydrogen) atoms. The average Bonchev–Trinajstić information content (AvgIpc) is 2.40. The van der Waals surface area contributed by atoms with Crippen molar-refractivity contribution in [1.29, 1.82) is 0 Å². The fraction of sp³-hybridized carbons (Fsp3) is 0.250. The van der Waals surface area contributed by atoms with E-state index >= 15 is 0 Å². The summed E-state index contributed by atoms with van der Waals surface area (Å²) in [7, 11) is 0. The first-order valence-electron chi connectivity index (χ1n) is 6.42. The van der Waals surface area contributed by atoms with Gasteiger partial charge in [-0.15, -0.1) is 0 Å². The molecule has 0 heterocycles. The van der Waals surface area contributed by atoms with Crippen molar-refractivity contribution in [2.75, 3.05) is 6.54 Å². The number of aryl methyl sites for hydroxylation is 1. The van der Waals surface area contributed by atoms with Gasteiger partial charge in [0.15, 0.2) is 0 Å². The summed E-state index contributed by atoms with van der Waals surface area (Å²) in [6, 6.07) is 14.2. The van der Waals surface area contributed by atoms with Crippen molar-refractivity contribution in [3.63, 3.8) is 0 Å². The third-order valence-electron chi connectivity index (χ3n) is 2.84. The van der Waals surface area contributed by atoms with Gasteiger partial charge in [0.1, 0.15) is 11.5 Å². The second-order valence-corrected chi connectivity index (χ2v) is 5.36. The minimum Gasteiger partial charge on any atom is -0.457 e. The van der Waals surface area contributed by atoms with Crippen LogP contribution in [-0.2, 0) is 6.54 Å². The van der Waals surface area contributed by atoms with Gasteiger partial charge < -0.3 is 10.1 Å². The molecule has 100 valence electrons. The fourth-order valence-corrected chi connectivity index (χ4v) is 2.10. The maximum Gasteiger partial charge on any atom is 0.133 e. The van der Waals surface area contributed by atoms with Crippen LogP contribution in [0.4, 0.5) is 0 Å². The fourth-order valence-electron chi connectivity index (χ4n) is 1.76. The van der Waals surface area contributed by atoms with Crippen LogP contribution in [0.25, 0.3) is 0 Å². The summed E-state index contributed by atoms with van der Waals surface area (Å²) in [6.07, 6.45) is 0. The van der Waals surface area contributed by atoms with Gasteiger partial charge in [0.2, 0.25) is 0 Å². The first kappa shape index (κ1) is 14.1. The highest BCUT2D eigenvalue weighted by atomic mass is 79.9. The summed E-state index contributed by atoms with van der Waals surface area (Å²) in [5, 5.41) is 3.32. The van der Waals surface area contributed by atoms with Crippen LogP contribution in [0.5, 0.6) is 11.5 Å². The molecule has 0 atom stereocenters. The largest absolute Gasteiger partial charge is 0.457 e. The molecule has 0 spiro atoms. The molecule has 0 saturated heterocycles. The maximum atomic E-state index is 5.97. The molecule has 0 aliphatic rings. The normalized spacial score (nSPS) is 10.5. The number of ether oxygens (including phenoxy) is 1. The molecule has 0 fully saturated rings. The number of hydrogen-bond donors (Lipinski definition) is 1. The summed E-state index contributed by atoms with van der Waals surface area (Å²) in [6.45, 7) is 5.92. The van der Waals surface area contributed by atoms with Gasteiger partial charge in [0.25, 0.3) is 0 Å². The van der Waals surface area contributed by atoms with Crippen LogP contribution in [-0.4, -0.2) is 6.54 Å². The van der Waals surface area contributed by atoms with E-state index in [1.165, 1.54) is 5.56 Å². The standard InChI is InChI=1S/C16H18BrNO/c1-3-18-11-13-6-7-14(17)10-16(13)19-15-8-4-12(2)5-9-15/h4-10,18H,3,11H2,1-2H3. The van der Waals surface area contributed by atoms with Gasteiger partial charge in [-0.25, -0.2) is 0 Å². The van der Waals surface area contributed by atoms with Gasteiger partial charge in [-0.1, -0.05) is 46.6 Å². The van der Waals surface area contributed by atoms with E-state index in [4.69, 9.17) is 4.74 Å². The van der Waals surface area contributed by atoms with E-state index in [0.29, 0.717) is 0 Å². The van der Waals surface area contributed by atoms with Crippen molar-refractivity contribution in [3.8, 4) is 11.5 Å². The number of nitrogens with one attached hydrogen (secondary N) is 1.